The molecule has 0 radical (unpaired) electrons. The lowest BCUT2D eigenvalue weighted by atomic mass is 10.1. The third-order valence-electron chi connectivity index (χ3n) is 2.99. The summed E-state index contributed by atoms with van der Waals surface area (Å²) in [6, 6.07) is 2.47. The van der Waals surface area contributed by atoms with Crippen molar-refractivity contribution in [2.24, 2.45) is 10.9 Å². The van der Waals surface area contributed by atoms with Crippen LogP contribution < -0.4 is 16.2 Å². The number of benzene rings is 1. The molecule has 6 nitrogen and oxygen atoms in total. The van der Waals surface area contributed by atoms with Gasteiger partial charge in [-0.05, 0) is 37.1 Å². The number of carbonyl (C=O) groups is 1. The highest BCUT2D eigenvalue weighted by atomic mass is 32.2. The van der Waals surface area contributed by atoms with Crippen molar-refractivity contribution in [3.05, 3.63) is 28.8 Å². The summed E-state index contributed by atoms with van der Waals surface area (Å²) in [5.41, 5.74) is 5.71. The minimum atomic E-state index is -4.01. The average molecular weight is 321 g/mol. The van der Waals surface area contributed by atoms with Crippen molar-refractivity contribution in [2.45, 2.75) is 24.7 Å². The number of aryl methyl sites for hydroxylation is 1. The monoisotopic (exact) mass is 321 g/mol. The Bertz CT molecular complexity index is 660. The maximum atomic E-state index is 13.0. The Morgan fingerprint density at radius 1 is 1.33 bits per heavy atom. The van der Waals surface area contributed by atoms with Crippen LogP contribution in [0.3, 0.4) is 0 Å². The van der Waals surface area contributed by atoms with E-state index in [0.29, 0.717) is 11.1 Å². The van der Waals surface area contributed by atoms with Crippen LogP contribution in [0.25, 0.3) is 0 Å². The van der Waals surface area contributed by atoms with Gasteiger partial charge in [-0.3, -0.25) is 4.79 Å². The summed E-state index contributed by atoms with van der Waals surface area (Å²) in [7, 11) is -4.01. The molecule has 1 amide bonds. The van der Waals surface area contributed by atoms with Crippen LogP contribution >= 0.6 is 0 Å². The highest BCUT2D eigenvalue weighted by Gasteiger charge is 2.27. The Balaban J connectivity index is 3.10. The van der Waals surface area contributed by atoms with Crippen molar-refractivity contribution >= 4 is 15.9 Å². The van der Waals surface area contributed by atoms with Crippen LogP contribution in [0.15, 0.2) is 17.0 Å². The molecule has 0 aliphatic heterocycles. The maximum Gasteiger partial charge on any atom is 0.277 e. The van der Waals surface area contributed by atoms with Crippen molar-refractivity contribution in [2.75, 3.05) is 13.1 Å². The molecule has 1 rings (SSSR count). The third kappa shape index (κ3) is 4.45. The minimum absolute atomic E-state index is 0.0602. The van der Waals surface area contributed by atoms with Gasteiger partial charge in [0.2, 0.25) is 10.0 Å². The topological polar surface area (TPSA) is 115 Å². The summed E-state index contributed by atoms with van der Waals surface area (Å²) >= 11 is 0. The summed E-state index contributed by atoms with van der Waals surface area (Å²) in [6.07, 6.45) is 0. The number of nitrogens with one attached hydrogen (secondary N) is 1. The van der Waals surface area contributed by atoms with E-state index >= 15 is 0 Å². The number of sulfonamides is 1. The van der Waals surface area contributed by atoms with E-state index in [1.165, 1.54) is 6.07 Å². The van der Waals surface area contributed by atoms with Gasteiger partial charge in [0, 0.05) is 5.56 Å². The summed E-state index contributed by atoms with van der Waals surface area (Å²) in [4.78, 5) is 11.6. The standard InChI is InChI=1S/C12H17F2N3O3S/c1-7-3-9(4-10(8(7)2)21(16,19)20)11(18)17-6-12(13,14)5-15/h3-4H,5-6,15H2,1-2H3,(H,17,18)(H2,16,19,20). The Morgan fingerprint density at radius 3 is 2.38 bits per heavy atom. The second kappa shape index (κ2) is 6.04. The Hall–Kier alpha value is -1.58. The van der Waals surface area contributed by atoms with E-state index in [9.17, 15) is 22.0 Å². The van der Waals surface area contributed by atoms with Crippen molar-refractivity contribution in [1.29, 1.82) is 0 Å². The molecular weight excluding hydrogens is 304 g/mol. The largest absolute Gasteiger partial charge is 0.346 e. The molecule has 0 saturated carbocycles. The fourth-order valence-electron chi connectivity index (χ4n) is 1.64. The maximum absolute atomic E-state index is 13.0. The summed E-state index contributed by atoms with van der Waals surface area (Å²) < 4.78 is 48.9. The van der Waals surface area contributed by atoms with Gasteiger partial charge in [-0.2, -0.15) is 0 Å². The van der Waals surface area contributed by atoms with Gasteiger partial charge < -0.3 is 11.1 Å². The first-order chi connectivity index (χ1) is 9.48. The van der Waals surface area contributed by atoms with Crippen LogP contribution in [0.5, 0.6) is 0 Å². The highest BCUT2D eigenvalue weighted by Crippen LogP contribution is 2.20. The Labute approximate surface area is 121 Å². The zero-order valence-electron chi connectivity index (χ0n) is 11.6. The molecule has 0 unspecified atom stereocenters. The predicted molar refractivity (Wildman–Crippen MR) is 73.6 cm³/mol. The number of rotatable bonds is 5. The number of hydrogen-bond donors (Lipinski definition) is 3. The normalized spacial score (nSPS) is 12.3. The summed E-state index contributed by atoms with van der Waals surface area (Å²) in [5, 5.41) is 7.08. The van der Waals surface area contributed by atoms with Crippen molar-refractivity contribution in [3.8, 4) is 0 Å². The van der Waals surface area contributed by atoms with Crippen LogP contribution in [-0.2, 0) is 10.0 Å². The van der Waals surface area contributed by atoms with Crippen LogP contribution in [0, 0.1) is 13.8 Å². The average Bonchev–Trinajstić information content (AvgIpc) is 2.37. The SMILES string of the molecule is Cc1cc(C(=O)NCC(F)(F)CN)cc(S(N)(=O)=O)c1C. The number of carbonyl (C=O) groups excluding carboxylic acids is 1. The zero-order valence-corrected chi connectivity index (χ0v) is 12.4. The Kier molecular flexibility index (Phi) is 5.03. The first-order valence-corrected chi connectivity index (χ1v) is 7.53. The molecule has 0 aliphatic carbocycles. The van der Waals surface area contributed by atoms with Gasteiger partial charge in [0.1, 0.15) is 0 Å². The number of nitrogens with two attached hydrogens (primary N) is 2. The highest BCUT2D eigenvalue weighted by molar-refractivity contribution is 7.89. The van der Waals surface area contributed by atoms with E-state index in [-0.39, 0.29) is 10.5 Å². The van der Waals surface area contributed by atoms with Crippen LogP contribution in [0.2, 0.25) is 0 Å². The fraction of sp³-hybridized carbons (Fsp3) is 0.417. The fourth-order valence-corrected chi connectivity index (χ4v) is 2.52. The lowest BCUT2D eigenvalue weighted by Crippen LogP contribution is -2.41. The van der Waals surface area contributed by atoms with Gasteiger partial charge in [0.25, 0.3) is 11.8 Å². The van der Waals surface area contributed by atoms with E-state index in [1.54, 1.807) is 13.8 Å². The van der Waals surface area contributed by atoms with E-state index in [1.807, 2.05) is 5.32 Å². The molecule has 0 atom stereocenters. The number of hydrogen-bond acceptors (Lipinski definition) is 4. The molecule has 21 heavy (non-hydrogen) atoms. The van der Waals surface area contributed by atoms with E-state index < -0.39 is 34.9 Å². The molecule has 118 valence electrons. The number of halogens is 2. The minimum Gasteiger partial charge on any atom is -0.346 e. The molecule has 1 aromatic carbocycles. The number of primary sulfonamides is 1. The smallest absolute Gasteiger partial charge is 0.277 e. The summed E-state index contributed by atoms with van der Waals surface area (Å²) in [6.45, 7) is 1.30. The second-order valence-electron chi connectivity index (χ2n) is 4.70. The molecule has 0 saturated heterocycles. The number of alkyl halides is 2. The van der Waals surface area contributed by atoms with Crippen LogP contribution in [0.4, 0.5) is 8.78 Å². The van der Waals surface area contributed by atoms with E-state index in [2.05, 4.69) is 0 Å². The number of amides is 1. The van der Waals surface area contributed by atoms with Crippen LogP contribution in [0.1, 0.15) is 21.5 Å². The third-order valence-corrected chi connectivity index (χ3v) is 4.03. The van der Waals surface area contributed by atoms with Gasteiger partial charge in [-0.15, -0.1) is 0 Å². The first kappa shape index (κ1) is 17.5. The molecular formula is C12H17F2N3O3S. The molecule has 0 heterocycles. The summed E-state index contributed by atoms with van der Waals surface area (Å²) in [5.74, 6) is -4.05. The molecule has 0 spiro atoms. The predicted octanol–water partition coefficient (Wildman–Crippen LogP) is 0.275. The van der Waals surface area contributed by atoms with Gasteiger partial charge >= 0.3 is 0 Å². The molecule has 0 bridgehead atoms. The molecule has 5 N–H and O–H groups in total. The second-order valence-corrected chi connectivity index (χ2v) is 6.23. The zero-order chi connectivity index (χ0) is 16.4. The molecule has 0 aliphatic rings. The molecule has 1 aromatic rings. The van der Waals surface area contributed by atoms with Crippen molar-refractivity contribution < 1.29 is 22.0 Å². The van der Waals surface area contributed by atoms with Crippen molar-refractivity contribution in [1.82, 2.24) is 5.32 Å². The van der Waals surface area contributed by atoms with Gasteiger partial charge in [-0.1, -0.05) is 0 Å². The van der Waals surface area contributed by atoms with Crippen molar-refractivity contribution in [3.63, 3.8) is 0 Å². The van der Waals surface area contributed by atoms with Gasteiger partial charge in [0.05, 0.1) is 18.0 Å². The van der Waals surface area contributed by atoms with E-state index in [4.69, 9.17) is 10.9 Å². The first-order valence-electron chi connectivity index (χ1n) is 5.98. The molecule has 9 heteroatoms. The molecule has 0 fully saturated rings. The van der Waals surface area contributed by atoms with E-state index in [0.717, 1.165) is 6.07 Å². The lowest BCUT2D eigenvalue weighted by Gasteiger charge is -2.15. The lowest BCUT2D eigenvalue weighted by molar-refractivity contribution is 0.0118. The molecule has 0 aromatic heterocycles. The van der Waals surface area contributed by atoms with Gasteiger partial charge in [-0.25, -0.2) is 22.3 Å². The Morgan fingerprint density at radius 2 is 1.90 bits per heavy atom. The van der Waals surface area contributed by atoms with Crippen LogP contribution in [-0.4, -0.2) is 33.3 Å². The van der Waals surface area contributed by atoms with Gasteiger partial charge in [0.15, 0.2) is 0 Å². The quantitative estimate of drug-likeness (QED) is 0.722.